The van der Waals surface area contributed by atoms with Crippen molar-refractivity contribution in [3.05, 3.63) is 34.4 Å². The standard InChI is InChI=1S/C21H30N2O3/c1-14-9-15(2)18(16(3)10-14)12-22-7-5-21(6-8-22)11-19(20(25)26)23(13-21)17(4)24/h9-10,19H,5-8,11-13H2,1-4H3,(H,25,26)/t19-/m0/s1. The van der Waals surface area contributed by atoms with Crippen LogP contribution in [0, 0.1) is 26.2 Å². The Balaban J connectivity index is 1.66. The van der Waals surface area contributed by atoms with Crippen molar-refractivity contribution in [3.63, 3.8) is 0 Å². The molecule has 0 bridgehead atoms. The van der Waals surface area contributed by atoms with Crippen molar-refractivity contribution >= 4 is 11.9 Å². The number of rotatable bonds is 3. The molecule has 2 aliphatic heterocycles. The summed E-state index contributed by atoms with van der Waals surface area (Å²) in [6, 6.07) is 3.83. The number of piperidine rings is 1. The van der Waals surface area contributed by atoms with Gasteiger partial charge in [0.2, 0.25) is 5.91 Å². The van der Waals surface area contributed by atoms with Crippen LogP contribution in [0.5, 0.6) is 0 Å². The molecule has 2 aliphatic rings. The highest BCUT2D eigenvalue weighted by molar-refractivity contribution is 5.83. The second-order valence-corrected chi connectivity index (χ2v) is 8.36. The van der Waals surface area contributed by atoms with Crippen molar-refractivity contribution in [1.29, 1.82) is 0 Å². The highest BCUT2D eigenvalue weighted by atomic mass is 16.4. The zero-order valence-corrected chi connectivity index (χ0v) is 16.3. The fraction of sp³-hybridized carbons (Fsp3) is 0.619. The summed E-state index contributed by atoms with van der Waals surface area (Å²) in [7, 11) is 0. The molecule has 5 heteroatoms. The largest absolute Gasteiger partial charge is 0.480 e. The van der Waals surface area contributed by atoms with Crippen LogP contribution in [-0.4, -0.2) is 52.5 Å². The molecule has 0 aromatic heterocycles. The van der Waals surface area contributed by atoms with Gasteiger partial charge in [-0.2, -0.15) is 0 Å². The Morgan fingerprint density at radius 1 is 1.15 bits per heavy atom. The minimum absolute atomic E-state index is 0.0252. The van der Waals surface area contributed by atoms with Gasteiger partial charge in [-0.25, -0.2) is 4.79 Å². The van der Waals surface area contributed by atoms with Gasteiger partial charge in [0.1, 0.15) is 6.04 Å². The van der Waals surface area contributed by atoms with E-state index in [1.807, 2.05) is 0 Å². The van der Waals surface area contributed by atoms with E-state index in [1.54, 1.807) is 4.90 Å². The summed E-state index contributed by atoms with van der Waals surface area (Å²) in [6.45, 7) is 11.4. The molecular formula is C21H30N2O3. The summed E-state index contributed by atoms with van der Waals surface area (Å²) in [5, 5.41) is 9.47. The van der Waals surface area contributed by atoms with Gasteiger partial charge in [0.25, 0.3) is 0 Å². The Morgan fingerprint density at radius 3 is 2.19 bits per heavy atom. The van der Waals surface area contributed by atoms with E-state index >= 15 is 0 Å². The molecule has 1 N–H and O–H groups in total. The number of carbonyl (C=O) groups excluding carboxylic acids is 1. The lowest BCUT2D eigenvalue weighted by molar-refractivity contribution is -0.147. The molecule has 2 saturated heterocycles. The lowest BCUT2D eigenvalue weighted by Crippen LogP contribution is -2.42. The third kappa shape index (κ3) is 3.63. The van der Waals surface area contributed by atoms with Crippen LogP contribution in [0.15, 0.2) is 12.1 Å². The van der Waals surface area contributed by atoms with Crippen molar-refractivity contribution in [2.75, 3.05) is 19.6 Å². The molecule has 1 aromatic carbocycles. The maximum absolute atomic E-state index is 11.8. The van der Waals surface area contributed by atoms with Gasteiger partial charge in [-0.05, 0) is 75.2 Å². The molecule has 142 valence electrons. The summed E-state index contributed by atoms with van der Waals surface area (Å²) >= 11 is 0. The first kappa shape index (κ1) is 18.9. The van der Waals surface area contributed by atoms with Crippen LogP contribution in [0.1, 0.15) is 48.4 Å². The maximum Gasteiger partial charge on any atom is 0.326 e. The molecule has 5 nitrogen and oxygen atoms in total. The predicted molar refractivity (Wildman–Crippen MR) is 101 cm³/mol. The van der Waals surface area contributed by atoms with Gasteiger partial charge in [0.15, 0.2) is 0 Å². The molecule has 0 radical (unpaired) electrons. The van der Waals surface area contributed by atoms with Crippen molar-refractivity contribution < 1.29 is 14.7 Å². The molecule has 2 fully saturated rings. The van der Waals surface area contributed by atoms with Crippen LogP contribution in [-0.2, 0) is 16.1 Å². The number of aliphatic carboxylic acids is 1. The van der Waals surface area contributed by atoms with Gasteiger partial charge in [0.05, 0.1) is 0 Å². The Morgan fingerprint density at radius 2 is 1.73 bits per heavy atom. The van der Waals surface area contributed by atoms with Crippen LogP contribution >= 0.6 is 0 Å². The Hall–Kier alpha value is -1.88. The predicted octanol–water partition coefficient (Wildman–Crippen LogP) is 2.90. The fourth-order valence-electron chi connectivity index (χ4n) is 4.84. The van der Waals surface area contributed by atoms with Gasteiger partial charge in [-0.15, -0.1) is 0 Å². The Bertz CT molecular complexity index is 673. The van der Waals surface area contributed by atoms with E-state index in [2.05, 4.69) is 37.8 Å². The summed E-state index contributed by atoms with van der Waals surface area (Å²) in [6.07, 6.45) is 2.52. The van der Waals surface area contributed by atoms with Crippen LogP contribution in [0.3, 0.4) is 0 Å². The molecule has 1 amide bonds. The molecular weight excluding hydrogens is 328 g/mol. The normalized spacial score (nSPS) is 22.8. The molecule has 0 saturated carbocycles. The number of carboxylic acids is 1. The first-order valence-electron chi connectivity index (χ1n) is 9.50. The monoisotopic (exact) mass is 358 g/mol. The molecule has 0 unspecified atom stereocenters. The number of benzene rings is 1. The molecule has 3 rings (SSSR count). The summed E-state index contributed by atoms with van der Waals surface area (Å²) < 4.78 is 0. The minimum Gasteiger partial charge on any atom is -0.480 e. The summed E-state index contributed by atoms with van der Waals surface area (Å²) in [5.41, 5.74) is 5.38. The fourth-order valence-corrected chi connectivity index (χ4v) is 4.84. The Kier molecular flexibility index (Phi) is 5.11. The number of amides is 1. The van der Waals surface area contributed by atoms with E-state index in [9.17, 15) is 14.7 Å². The van der Waals surface area contributed by atoms with E-state index < -0.39 is 12.0 Å². The SMILES string of the molecule is CC(=O)N1CC2(CCN(Cc3c(C)cc(C)cc3C)CC2)C[C@H]1C(=O)O. The number of hydrogen-bond acceptors (Lipinski definition) is 3. The molecule has 1 aromatic rings. The highest BCUT2D eigenvalue weighted by Crippen LogP contribution is 2.43. The van der Waals surface area contributed by atoms with Gasteiger partial charge in [-0.1, -0.05) is 17.7 Å². The van der Waals surface area contributed by atoms with Crippen molar-refractivity contribution in [2.45, 2.75) is 59.5 Å². The lowest BCUT2D eigenvalue weighted by Gasteiger charge is -2.39. The highest BCUT2D eigenvalue weighted by Gasteiger charge is 2.49. The van der Waals surface area contributed by atoms with Gasteiger partial charge < -0.3 is 10.0 Å². The Labute approximate surface area is 156 Å². The van der Waals surface area contributed by atoms with Crippen molar-refractivity contribution in [1.82, 2.24) is 9.80 Å². The van der Waals surface area contributed by atoms with Gasteiger partial charge in [-0.3, -0.25) is 9.69 Å². The van der Waals surface area contributed by atoms with E-state index in [0.717, 1.165) is 32.5 Å². The third-order valence-corrected chi connectivity index (χ3v) is 6.34. The van der Waals surface area contributed by atoms with Gasteiger partial charge >= 0.3 is 5.97 Å². The van der Waals surface area contributed by atoms with Crippen LogP contribution < -0.4 is 0 Å². The number of aryl methyl sites for hydroxylation is 3. The van der Waals surface area contributed by atoms with Crippen molar-refractivity contribution in [2.24, 2.45) is 5.41 Å². The second kappa shape index (κ2) is 7.03. The topological polar surface area (TPSA) is 60.9 Å². The molecule has 26 heavy (non-hydrogen) atoms. The number of likely N-dealkylation sites (tertiary alicyclic amines) is 2. The molecule has 2 heterocycles. The lowest BCUT2D eigenvalue weighted by atomic mass is 9.76. The van der Waals surface area contributed by atoms with Crippen LogP contribution in [0.25, 0.3) is 0 Å². The average molecular weight is 358 g/mol. The number of nitrogens with zero attached hydrogens (tertiary/aromatic N) is 2. The van der Waals surface area contributed by atoms with Crippen LogP contribution in [0.2, 0.25) is 0 Å². The first-order valence-corrected chi connectivity index (χ1v) is 9.50. The van der Waals surface area contributed by atoms with Crippen molar-refractivity contribution in [3.8, 4) is 0 Å². The molecule has 0 aliphatic carbocycles. The minimum atomic E-state index is -0.870. The molecule has 1 spiro atoms. The summed E-state index contributed by atoms with van der Waals surface area (Å²) in [5.74, 6) is -0.993. The second-order valence-electron chi connectivity index (χ2n) is 8.36. The number of carboxylic acid groups (broad SMARTS) is 1. The maximum atomic E-state index is 11.8. The third-order valence-electron chi connectivity index (χ3n) is 6.34. The first-order chi connectivity index (χ1) is 12.2. The zero-order chi connectivity index (χ0) is 19.1. The van der Waals surface area contributed by atoms with E-state index in [0.29, 0.717) is 13.0 Å². The number of carbonyl (C=O) groups is 2. The smallest absolute Gasteiger partial charge is 0.326 e. The van der Waals surface area contributed by atoms with Gasteiger partial charge in [0, 0.05) is 20.0 Å². The summed E-state index contributed by atoms with van der Waals surface area (Å²) in [4.78, 5) is 27.4. The zero-order valence-electron chi connectivity index (χ0n) is 16.3. The quantitative estimate of drug-likeness (QED) is 0.902. The van der Waals surface area contributed by atoms with E-state index in [-0.39, 0.29) is 11.3 Å². The van der Waals surface area contributed by atoms with E-state index in [4.69, 9.17) is 0 Å². The molecule has 1 atom stereocenters. The number of hydrogen-bond donors (Lipinski definition) is 1. The average Bonchev–Trinajstić information content (AvgIpc) is 2.93. The van der Waals surface area contributed by atoms with E-state index in [1.165, 1.54) is 29.2 Å². The van der Waals surface area contributed by atoms with Crippen LogP contribution in [0.4, 0.5) is 0 Å².